The Balaban J connectivity index is 1.51. The maximum atomic E-state index is 10.7. The molecule has 2 aromatic rings. The zero-order valence-corrected chi connectivity index (χ0v) is 12.5. The molecule has 6 heteroatoms. The minimum atomic E-state index is 0.516. The van der Waals surface area contributed by atoms with Gasteiger partial charge in [-0.15, -0.1) is 0 Å². The molecule has 3 rings (SSSR count). The highest BCUT2D eigenvalue weighted by Gasteiger charge is 2.18. The highest BCUT2D eigenvalue weighted by Crippen LogP contribution is 2.23. The van der Waals surface area contributed by atoms with Crippen LogP contribution >= 0.6 is 11.5 Å². The summed E-state index contributed by atoms with van der Waals surface area (Å²) in [6.45, 7) is 2.36. The van der Waals surface area contributed by atoms with E-state index in [1.165, 1.54) is 11.5 Å². The van der Waals surface area contributed by atoms with Crippen LogP contribution in [0.1, 0.15) is 12.8 Å². The molecular weight excluding hydrogens is 286 g/mol. The zero-order valence-electron chi connectivity index (χ0n) is 11.6. The molecule has 110 valence electrons. The van der Waals surface area contributed by atoms with E-state index in [0.717, 1.165) is 48.7 Å². The SMILES string of the molecule is O=CN1CCC(COc2ccc(-c3ccns3)nc2)CC1. The quantitative estimate of drug-likeness (QED) is 0.796. The van der Waals surface area contributed by atoms with Gasteiger partial charge in [-0.2, -0.15) is 0 Å². The number of carbonyl (C=O) groups is 1. The maximum Gasteiger partial charge on any atom is 0.209 e. The summed E-state index contributed by atoms with van der Waals surface area (Å²) in [5.41, 5.74) is 0.921. The van der Waals surface area contributed by atoms with Crippen LogP contribution < -0.4 is 4.74 Å². The van der Waals surface area contributed by atoms with Gasteiger partial charge in [-0.1, -0.05) is 0 Å². The first-order valence-electron chi connectivity index (χ1n) is 7.04. The fraction of sp³-hybridized carbons (Fsp3) is 0.400. The second kappa shape index (κ2) is 6.67. The number of hydrogen-bond donors (Lipinski definition) is 0. The van der Waals surface area contributed by atoms with Crippen LogP contribution in [-0.2, 0) is 4.79 Å². The third-order valence-corrected chi connectivity index (χ3v) is 4.48. The number of nitrogens with zero attached hydrogens (tertiary/aromatic N) is 3. The molecule has 0 N–H and O–H groups in total. The number of ether oxygens (including phenoxy) is 1. The first-order chi connectivity index (χ1) is 10.3. The van der Waals surface area contributed by atoms with E-state index in [-0.39, 0.29) is 0 Å². The van der Waals surface area contributed by atoms with Gasteiger partial charge in [-0.25, -0.2) is 4.37 Å². The minimum Gasteiger partial charge on any atom is -0.492 e. The molecule has 1 amide bonds. The number of aromatic nitrogens is 2. The van der Waals surface area contributed by atoms with Crippen molar-refractivity contribution in [3.63, 3.8) is 0 Å². The number of amides is 1. The first kappa shape index (κ1) is 14.0. The van der Waals surface area contributed by atoms with Crippen LogP contribution in [0, 0.1) is 5.92 Å². The highest BCUT2D eigenvalue weighted by molar-refractivity contribution is 7.09. The molecule has 2 aromatic heterocycles. The van der Waals surface area contributed by atoms with Crippen LogP contribution in [0.5, 0.6) is 5.75 Å². The largest absolute Gasteiger partial charge is 0.492 e. The van der Waals surface area contributed by atoms with Crippen molar-refractivity contribution in [2.24, 2.45) is 5.92 Å². The average Bonchev–Trinajstić information content (AvgIpc) is 3.08. The van der Waals surface area contributed by atoms with Crippen molar-refractivity contribution in [3.05, 3.63) is 30.6 Å². The Bertz CT molecular complexity index is 563. The Morgan fingerprint density at radius 3 is 2.81 bits per heavy atom. The smallest absolute Gasteiger partial charge is 0.209 e. The van der Waals surface area contributed by atoms with Gasteiger partial charge in [0.05, 0.1) is 23.4 Å². The predicted octanol–water partition coefficient (Wildman–Crippen LogP) is 2.45. The Kier molecular flexibility index (Phi) is 4.45. The van der Waals surface area contributed by atoms with Crippen molar-refractivity contribution < 1.29 is 9.53 Å². The third kappa shape index (κ3) is 3.58. The Hall–Kier alpha value is -1.95. The second-order valence-electron chi connectivity index (χ2n) is 5.15. The molecule has 0 aliphatic carbocycles. The van der Waals surface area contributed by atoms with Gasteiger partial charge < -0.3 is 9.64 Å². The predicted molar refractivity (Wildman–Crippen MR) is 81.2 cm³/mol. The third-order valence-electron chi connectivity index (χ3n) is 3.71. The van der Waals surface area contributed by atoms with Crippen molar-refractivity contribution in [1.82, 2.24) is 14.3 Å². The maximum absolute atomic E-state index is 10.7. The molecule has 0 atom stereocenters. The number of carbonyl (C=O) groups excluding carboxylic acids is 1. The van der Waals surface area contributed by atoms with Crippen molar-refractivity contribution in [2.45, 2.75) is 12.8 Å². The molecule has 1 aliphatic heterocycles. The lowest BCUT2D eigenvalue weighted by Gasteiger charge is -2.28. The van der Waals surface area contributed by atoms with Crippen molar-refractivity contribution in [3.8, 4) is 16.3 Å². The number of piperidine rings is 1. The van der Waals surface area contributed by atoms with Gasteiger partial charge in [0, 0.05) is 19.3 Å². The summed E-state index contributed by atoms with van der Waals surface area (Å²) in [7, 11) is 0. The van der Waals surface area contributed by atoms with Gasteiger partial charge >= 0.3 is 0 Å². The van der Waals surface area contributed by atoms with E-state index in [9.17, 15) is 4.79 Å². The summed E-state index contributed by atoms with van der Waals surface area (Å²) in [5.74, 6) is 1.31. The summed E-state index contributed by atoms with van der Waals surface area (Å²) in [6.07, 6.45) is 6.47. The Morgan fingerprint density at radius 1 is 1.33 bits per heavy atom. The van der Waals surface area contributed by atoms with E-state index in [1.54, 1.807) is 12.4 Å². The fourth-order valence-corrected chi connectivity index (χ4v) is 2.97. The molecule has 0 unspecified atom stereocenters. The zero-order chi connectivity index (χ0) is 14.5. The number of likely N-dealkylation sites (tertiary alicyclic amines) is 1. The Morgan fingerprint density at radius 2 is 2.19 bits per heavy atom. The lowest BCUT2D eigenvalue weighted by Crippen LogP contribution is -2.34. The van der Waals surface area contributed by atoms with Crippen LogP contribution in [0.4, 0.5) is 0 Å². The number of hydrogen-bond acceptors (Lipinski definition) is 5. The van der Waals surface area contributed by atoms with Crippen LogP contribution in [0.3, 0.4) is 0 Å². The molecule has 3 heterocycles. The van der Waals surface area contributed by atoms with Crippen molar-refractivity contribution in [1.29, 1.82) is 0 Å². The first-order valence-corrected chi connectivity index (χ1v) is 7.82. The van der Waals surface area contributed by atoms with E-state index in [0.29, 0.717) is 12.5 Å². The molecule has 0 spiro atoms. The lowest BCUT2D eigenvalue weighted by molar-refractivity contribution is -0.119. The fourth-order valence-electron chi connectivity index (χ4n) is 2.40. The summed E-state index contributed by atoms with van der Waals surface area (Å²) in [6, 6.07) is 5.86. The molecule has 0 saturated carbocycles. The van der Waals surface area contributed by atoms with Crippen molar-refractivity contribution >= 4 is 17.9 Å². The normalized spacial score (nSPS) is 15.9. The lowest BCUT2D eigenvalue weighted by atomic mass is 9.98. The molecule has 1 aliphatic rings. The minimum absolute atomic E-state index is 0.516. The van der Waals surface area contributed by atoms with Gasteiger partial charge in [-0.3, -0.25) is 9.78 Å². The topological polar surface area (TPSA) is 55.3 Å². The highest BCUT2D eigenvalue weighted by atomic mass is 32.1. The molecule has 0 bridgehead atoms. The molecule has 1 fully saturated rings. The molecule has 5 nitrogen and oxygen atoms in total. The van der Waals surface area contributed by atoms with Crippen LogP contribution in [0.25, 0.3) is 10.6 Å². The molecule has 1 saturated heterocycles. The van der Waals surface area contributed by atoms with Crippen LogP contribution in [-0.4, -0.2) is 40.4 Å². The van der Waals surface area contributed by atoms with Crippen molar-refractivity contribution in [2.75, 3.05) is 19.7 Å². The van der Waals surface area contributed by atoms with Gasteiger partial charge in [-0.05, 0) is 48.5 Å². The van der Waals surface area contributed by atoms with Crippen LogP contribution in [0.2, 0.25) is 0 Å². The van der Waals surface area contributed by atoms with E-state index in [2.05, 4.69) is 9.36 Å². The average molecular weight is 303 g/mol. The molecule has 0 aromatic carbocycles. The summed E-state index contributed by atoms with van der Waals surface area (Å²) < 4.78 is 9.88. The van der Waals surface area contributed by atoms with Gasteiger partial charge in [0.25, 0.3) is 0 Å². The van der Waals surface area contributed by atoms with Gasteiger partial charge in [0.1, 0.15) is 5.75 Å². The van der Waals surface area contributed by atoms with Crippen LogP contribution in [0.15, 0.2) is 30.6 Å². The molecule has 21 heavy (non-hydrogen) atoms. The molecular formula is C15H17N3O2S. The van der Waals surface area contributed by atoms with Gasteiger partial charge in [0.2, 0.25) is 6.41 Å². The summed E-state index contributed by atoms with van der Waals surface area (Å²) >= 11 is 1.43. The van der Waals surface area contributed by atoms with E-state index in [4.69, 9.17) is 4.74 Å². The standard InChI is InChI=1S/C15H17N3O2S/c19-11-18-7-4-12(5-8-18)10-20-13-1-2-14(16-9-13)15-3-6-17-21-15/h1-3,6,9,11-12H,4-5,7-8,10H2. The summed E-state index contributed by atoms with van der Waals surface area (Å²) in [4.78, 5) is 17.9. The van der Waals surface area contributed by atoms with E-state index >= 15 is 0 Å². The number of rotatable bonds is 5. The van der Waals surface area contributed by atoms with Gasteiger partial charge in [0.15, 0.2) is 0 Å². The van der Waals surface area contributed by atoms with E-state index < -0.39 is 0 Å². The second-order valence-corrected chi connectivity index (χ2v) is 5.98. The summed E-state index contributed by atoms with van der Waals surface area (Å²) in [5, 5.41) is 0. The molecule has 0 radical (unpaired) electrons. The Labute approximate surface area is 127 Å². The monoisotopic (exact) mass is 303 g/mol. The van der Waals surface area contributed by atoms with E-state index in [1.807, 2.05) is 23.1 Å². The number of pyridine rings is 1.